The number of piperidine rings is 1. The molecule has 3 aliphatic rings. The zero-order valence-electron chi connectivity index (χ0n) is 25.8. The lowest BCUT2D eigenvalue weighted by molar-refractivity contribution is -0.124. The Balaban J connectivity index is 1.15. The van der Waals surface area contributed by atoms with Crippen molar-refractivity contribution in [3.63, 3.8) is 0 Å². The molecule has 3 aromatic carbocycles. The molecule has 0 radical (unpaired) electrons. The third-order valence-corrected chi connectivity index (χ3v) is 8.94. The van der Waals surface area contributed by atoms with Crippen LogP contribution in [0.5, 0.6) is 5.75 Å². The maximum atomic E-state index is 14.0. The molecule has 0 aromatic heterocycles. The highest BCUT2D eigenvalue weighted by molar-refractivity contribution is 6.00. The van der Waals surface area contributed by atoms with E-state index in [1.807, 2.05) is 43.3 Å². The molecule has 0 saturated carbocycles. The Labute approximate surface area is 263 Å². The van der Waals surface area contributed by atoms with E-state index in [4.69, 9.17) is 19.9 Å². The van der Waals surface area contributed by atoms with Crippen LogP contribution in [0.15, 0.2) is 66.7 Å². The maximum Gasteiger partial charge on any atom is 0.409 e. The Hall–Kier alpha value is -4.41. The van der Waals surface area contributed by atoms with E-state index in [9.17, 15) is 14.4 Å². The molecule has 2 N–H and O–H groups in total. The average Bonchev–Trinajstić information content (AvgIpc) is 3.38. The van der Waals surface area contributed by atoms with Gasteiger partial charge in [0.15, 0.2) is 6.61 Å². The average molecular weight is 613 g/mol. The molecule has 10 heteroatoms. The highest BCUT2D eigenvalue weighted by Gasteiger charge is 2.37. The second kappa shape index (κ2) is 13.3. The molecule has 45 heavy (non-hydrogen) atoms. The number of carbonyl (C=O) groups excluding carboxylic acids is 3. The quantitative estimate of drug-likeness (QED) is 0.356. The molecule has 0 unspecified atom stereocenters. The zero-order chi connectivity index (χ0) is 31.5. The molecule has 2 heterocycles. The minimum Gasteiger partial charge on any atom is -0.482 e. The van der Waals surface area contributed by atoms with E-state index in [1.165, 1.54) is 0 Å². The van der Waals surface area contributed by atoms with Crippen molar-refractivity contribution in [3.8, 4) is 16.9 Å². The highest BCUT2D eigenvalue weighted by atomic mass is 16.6. The number of nitrogens with zero attached hydrogens (tertiary/aromatic N) is 3. The molecule has 2 aliphatic heterocycles. The van der Waals surface area contributed by atoms with Crippen molar-refractivity contribution in [3.05, 3.63) is 77.9 Å². The molecule has 3 amide bonds. The molecule has 1 saturated heterocycles. The van der Waals surface area contributed by atoms with Crippen LogP contribution in [0.3, 0.4) is 0 Å². The smallest absolute Gasteiger partial charge is 0.409 e. The Morgan fingerprint density at radius 2 is 1.73 bits per heavy atom. The highest BCUT2D eigenvalue weighted by Crippen LogP contribution is 2.44. The molecular formula is C35H40N4O6. The van der Waals surface area contributed by atoms with Gasteiger partial charge in [0, 0.05) is 57.5 Å². The number of amides is 3. The lowest BCUT2D eigenvalue weighted by Gasteiger charge is -2.37. The van der Waals surface area contributed by atoms with E-state index in [2.05, 4.69) is 24.3 Å². The maximum absolute atomic E-state index is 14.0. The number of nitrogens with two attached hydrogens (primary N) is 1. The Kier molecular flexibility index (Phi) is 9.04. The van der Waals surface area contributed by atoms with E-state index in [0.29, 0.717) is 56.2 Å². The fourth-order valence-corrected chi connectivity index (χ4v) is 6.81. The monoisotopic (exact) mass is 612 g/mol. The minimum absolute atomic E-state index is 0.0264. The lowest BCUT2D eigenvalue weighted by Crippen LogP contribution is -2.53. The molecule has 2 atom stereocenters. The number of rotatable bonds is 9. The summed E-state index contributed by atoms with van der Waals surface area (Å²) in [6.07, 6.45) is 0.663. The van der Waals surface area contributed by atoms with Crippen molar-refractivity contribution in [2.75, 3.05) is 62.9 Å². The predicted molar refractivity (Wildman–Crippen MR) is 172 cm³/mol. The summed E-state index contributed by atoms with van der Waals surface area (Å²) >= 11 is 0. The first-order valence-electron chi connectivity index (χ1n) is 15.6. The largest absolute Gasteiger partial charge is 0.482 e. The van der Waals surface area contributed by atoms with Crippen LogP contribution >= 0.6 is 0 Å². The van der Waals surface area contributed by atoms with Crippen LogP contribution in [-0.2, 0) is 19.1 Å². The van der Waals surface area contributed by atoms with E-state index in [1.54, 1.807) is 27.9 Å². The van der Waals surface area contributed by atoms with Crippen LogP contribution in [-0.4, -0.2) is 82.0 Å². The molecular weight excluding hydrogens is 572 g/mol. The number of anilines is 2. The molecule has 3 aromatic rings. The number of likely N-dealkylation sites (tertiary alicyclic amines) is 1. The van der Waals surface area contributed by atoms with Crippen molar-refractivity contribution >= 4 is 29.3 Å². The van der Waals surface area contributed by atoms with E-state index < -0.39 is 12.0 Å². The number of methoxy groups -OCH3 is 1. The third kappa shape index (κ3) is 6.12. The van der Waals surface area contributed by atoms with Gasteiger partial charge in [-0.3, -0.25) is 9.59 Å². The van der Waals surface area contributed by atoms with Gasteiger partial charge in [0.05, 0.1) is 11.6 Å². The van der Waals surface area contributed by atoms with Crippen LogP contribution < -0.4 is 20.3 Å². The zero-order valence-corrected chi connectivity index (χ0v) is 25.8. The molecule has 1 fully saturated rings. The van der Waals surface area contributed by atoms with Crippen molar-refractivity contribution in [2.24, 2.45) is 11.7 Å². The predicted octanol–water partition coefficient (Wildman–Crippen LogP) is 4.40. The molecule has 0 spiro atoms. The summed E-state index contributed by atoms with van der Waals surface area (Å²) < 4.78 is 16.7. The van der Waals surface area contributed by atoms with Gasteiger partial charge in [-0.05, 0) is 60.2 Å². The standard InChI is InChI=1S/C35H40N4O6/c1-3-38(25-13-14-32-31(18-25)39(15-8-16-43-2)33(40)22-44-32)34(41)23-17-24(36)20-37(19-23)35(42)45-21-30-28-11-6-4-9-26(28)27-10-5-7-12-29(27)30/h4-7,9-14,18,23-24,30H,3,8,15-17,19-22,36H2,1-2H3/t23-,24+/m0/s1. The fraction of sp³-hybridized carbons (Fsp3) is 0.400. The SMILES string of the molecule is CCN(C(=O)[C@H]1C[C@@H](N)CN(C(=O)OCC2c3ccccc3-c3ccccc32)C1)c1ccc2c(c1)N(CCCOC)C(=O)CO2. The summed E-state index contributed by atoms with van der Waals surface area (Å²) in [5.41, 5.74) is 12.3. The Morgan fingerprint density at radius 3 is 2.42 bits per heavy atom. The van der Waals surface area contributed by atoms with Crippen LogP contribution in [0, 0.1) is 5.92 Å². The van der Waals surface area contributed by atoms with Crippen LogP contribution in [0.4, 0.5) is 16.2 Å². The van der Waals surface area contributed by atoms with Gasteiger partial charge in [0.2, 0.25) is 5.91 Å². The molecule has 236 valence electrons. The molecule has 6 rings (SSSR count). The summed E-state index contributed by atoms with van der Waals surface area (Å²) in [6, 6.07) is 21.5. The lowest BCUT2D eigenvalue weighted by atomic mass is 9.93. The van der Waals surface area contributed by atoms with Gasteiger partial charge >= 0.3 is 6.09 Å². The number of ether oxygens (including phenoxy) is 3. The first-order valence-corrected chi connectivity index (χ1v) is 15.6. The number of hydrogen-bond donors (Lipinski definition) is 1. The second-order valence-corrected chi connectivity index (χ2v) is 11.8. The fourth-order valence-electron chi connectivity index (χ4n) is 6.81. The first kappa shape index (κ1) is 30.6. The molecule has 10 nitrogen and oxygen atoms in total. The van der Waals surface area contributed by atoms with E-state index in [0.717, 1.165) is 22.3 Å². The summed E-state index contributed by atoms with van der Waals surface area (Å²) in [6.45, 7) is 4.04. The van der Waals surface area contributed by atoms with Gasteiger partial charge in [-0.1, -0.05) is 48.5 Å². The van der Waals surface area contributed by atoms with Crippen LogP contribution in [0.2, 0.25) is 0 Å². The van der Waals surface area contributed by atoms with E-state index >= 15 is 0 Å². The minimum atomic E-state index is -0.499. The first-order chi connectivity index (χ1) is 21.9. The number of fused-ring (bicyclic) bond motifs is 4. The van der Waals surface area contributed by atoms with Gasteiger partial charge in [-0.25, -0.2) is 4.79 Å². The number of hydrogen-bond acceptors (Lipinski definition) is 7. The van der Waals surface area contributed by atoms with Crippen LogP contribution in [0.25, 0.3) is 11.1 Å². The van der Waals surface area contributed by atoms with Crippen molar-refractivity contribution in [1.29, 1.82) is 0 Å². The summed E-state index contributed by atoms with van der Waals surface area (Å²) in [4.78, 5) is 45.0. The molecule has 0 bridgehead atoms. The van der Waals surface area contributed by atoms with Gasteiger partial charge in [0.25, 0.3) is 5.91 Å². The molecule has 1 aliphatic carbocycles. The Bertz CT molecular complexity index is 1530. The Morgan fingerprint density at radius 1 is 1.02 bits per heavy atom. The number of benzene rings is 3. The van der Waals surface area contributed by atoms with Crippen molar-refractivity contribution in [1.82, 2.24) is 4.90 Å². The van der Waals surface area contributed by atoms with Gasteiger partial charge < -0.3 is 34.6 Å². The van der Waals surface area contributed by atoms with Gasteiger partial charge in [0.1, 0.15) is 12.4 Å². The summed E-state index contributed by atoms with van der Waals surface area (Å²) in [5, 5.41) is 0. The summed E-state index contributed by atoms with van der Waals surface area (Å²) in [5.74, 6) is -0.219. The van der Waals surface area contributed by atoms with Gasteiger partial charge in [-0.15, -0.1) is 0 Å². The van der Waals surface area contributed by atoms with Crippen molar-refractivity contribution < 1.29 is 28.6 Å². The van der Waals surface area contributed by atoms with Crippen LogP contribution in [0.1, 0.15) is 36.8 Å². The summed E-state index contributed by atoms with van der Waals surface area (Å²) in [7, 11) is 1.63. The second-order valence-electron chi connectivity index (χ2n) is 11.8. The number of carbonyl (C=O) groups is 3. The van der Waals surface area contributed by atoms with Gasteiger partial charge in [-0.2, -0.15) is 0 Å². The van der Waals surface area contributed by atoms with Crippen molar-refractivity contribution in [2.45, 2.75) is 31.7 Å². The normalized spacial score (nSPS) is 19.0. The van der Waals surface area contributed by atoms with E-state index in [-0.39, 0.29) is 43.5 Å². The third-order valence-electron chi connectivity index (χ3n) is 8.94. The topological polar surface area (TPSA) is 115 Å².